The van der Waals surface area contributed by atoms with Gasteiger partial charge in [0.05, 0.1) is 13.2 Å². The van der Waals surface area contributed by atoms with Crippen molar-refractivity contribution in [3.8, 4) is 11.5 Å². The minimum Gasteiger partial charge on any atom is -0.497 e. The molecule has 3 aliphatic rings. The first-order valence-corrected chi connectivity index (χ1v) is 9.90. The Labute approximate surface area is 168 Å². The Balaban J connectivity index is 1.85. The number of carbonyl (C=O) groups is 1. The molecule has 1 aromatic carbocycles. The SMILES string of the molecule is C=C[C@H]1CN2CCC1C[C@H]2[C@H](O)c1c(OC(C)=O)c(=O)[nH]c2ccc(OC)cc12. The maximum absolute atomic E-state index is 12.7. The smallest absolute Gasteiger partial charge is 0.308 e. The highest BCUT2D eigenvalue weighted by Gasteiger charge is 2.43. The van der Waals surface area contributed by atoms with E-state index in [0.717, 1.165) is 25.9 Å². The molecule has 3 fully saturated rings. The fraction of sp³-hybridized carbons (Fsp3) is 0.455. The number of ether oxygens (including phenoxy) is 2. The van der Waals surface area contributed by atoms with E-state index in [1.807, 2.05) is 6.08 Å². The van der Waals surface area contributed by atoms with Crippen LogP contribution in [0.1, 0.15) is 31.4 Å². The summed E-state index contributed by atoms with van der Waals surface area (Å²) in [4.78, 5) is 29.4. The van der Waals surface area contributed by atoms with Gasteiger partial charge in [0.1, 0.15) is 5.75 Å². The molecule has 3 saturated heterocycles. The van der Waals surface area contributed by atoms with E-state index >= 15 is 0 Å². The van der Waals surface area contributed by atoms with Crippen molar-refractivity contribution < 1.29 is 19.4 Å². The Hall–Kier alpha value is -2.64. The summed E-state index contributed by atoms with van der Waals surface area (Å²) in [5.74, 6) is 0.703. The van der Waals surface area contributed by atoms with Gasteiger partial charge in [-0.25, -0.2) is 0 Å². The molecule has 0 saturated carbocycles. The molecule has 2 bridgehead atoms. The molecule has 5 atom stereocenters. The van der Waals surface area contributed by atoms with Crippen LogP contribution in [-0.4, -0.2) is 47.2 Å². The molecule has 4 heterocycles. The molecule has 1 aromatic heterocycles. The Kier molecular flexibility index (Phi) is 5.19. The van der Waals surface area contributed by atoms with E-state index in [2.05, 4.69) is 16.5 Å². The molecule has 0 amide bonds. The fourth-order valence-electron chi connectivity index (χ4n) is 4.84. The van der Waals surface area contributed by atoms with Crippen LogP contribution in [0.4, 0.5) is 0 Å². The van der Waals surface area contributed by atoms with E-state index in [0.29, 0.717) is 34.1 Å². The second kappa shape index (κ2) is 7.65. The largest absolute Gasteiger partial charge is 0.497 e. The van der Waals surface area contributed by atoms with E-state index in [4.69, 9.17) is 9.47 Å². The van der Waals surface area contributed by atoms with Crippen molar-refractivity contribution in [2.24, 2.45) is 11.8 Å². The van der Waals surface area contributed by atoms with Gasteiger partial charge in [0.15, 0.2) is 0 Å². The molecule has 2 N–H and O–H groups in total. The first-order valence-electron chi connectivity index (χ1n) is 9.90. The lowest BCUT2D eigenvalue weighted by atomic mass is 9.73. The summed E-state index contributed by atoms with van der Waals surface area (Å²) in [5.41, 5.74) is 0.359. The molecule has 0 radical (unpaired) electrons. The lowest BCUT2D eigenvalue weighted by Crippen LogP contribution is -2.55. The van der Waals surface area contributed by atoms with Crippen molar-refractivity contribution in [1.29, 1.82) is 0 Å². The van der Waals surface area contributed by atoms with E-state index in [1.54, 1.807) is 25.3 Å². The third-order valence-electron chi connectivity index (χ3n) is 6.28. The van der Waals surface area contributed by atoms with Crippen LogP contribution >= 0.6 is 0 Å². The maximum Gasteiger partial charge on any atom is 0.308 e. The molecule has 0 spiro atoms. The number of carbonyl (C=O) groups excluding carboxylic acids is 1. The summed E-state index contributed by atoms with van der Waals surface area (Å²) >= 11 is 0. The number of pyridine rings is 1. The van der Waals surface area contributed by atoms with Crippen molar-refractivity contribution in [2.45, 2.75) is 31.9 Å². The van der Waals surface area contributed by atoms with Crippen molar-refractivity contribution in [3.63, 3.8) is 0 Å². The van der Waals surface area contributed by atoms with Gasteiger partial charge in [-0.15, -0.1) is 6.58 Å². The molecular formula is C22H26N2O5. The van der Waals surface area contributed by atoms with Gasteiger partial charge >= 0.3 is 5.97 Å². The number of methoxy groups -OCH3 is 1. The Morgan fingerprint density at radius 3 is 2.86 bits per heavy atom. The Morgan fingerprint density at radius 2 is 2.24 bits per heavy atom. The average Bonchev–Trinajstić information content (AvgIpc) is 2.73. The quantitative estimate of drug-likeness (QED) is 0.594. The van der Waals surface area contributed by atoms with Crippen LogP contribution < -0.4 is 15.0 Å². The highest BCUT2D eigenvalue weighted by molar-refractivity contribution is 5.87. The van der Waals surface area contributed by atoms with Crippen LogP contribution in [0, 0.1) is 11.8 Å². The number of aromatic amines is 1. The van der Waals surface area contributed by atoms with Crippen LogP contribution in [0.15, 0.2) is 35.6 Å². The zero-order valence-corrected chi connectivity index (χ0v) is 16.7. The van der Waals surface area contributed by atoms with Crippen molar-refractivity contribution >= 4 is 16.9 Å². The topological polar surface area (TPSA) is 91.9 Å². The number of nitrogens with zero attached hydrogens (tertiary/aromatic N) is 1. The first-order chi connectivity index (χ1) is 13.9. The zero-order chi connectivity index (χ0) is 20.7. The summed E-state index contributed by atoms with van der Waals surface area (Å²) in [5, 5.41) is 12.1. The van der Waals surface area contributed by atoms with Gasteiger partial charge < -0.3 is 19.6 Å². The number of nitrogens with one attached hydrogen (secondary N) is 1. The van der Waals surface area contributed by atoms with Crippen LogP contribution in [0.3, 0.4) is 0 Å². The molecule has 7 heteroatoms. The summed E-state index contributed by atoms with van der Waals surface area (Å²) in [7, 11) is 1.55. The summed E-state index contributed by atoms with van der Waals surface area (Å²) in [6.45, 7) is 6.92. The summed E-state index contributed by atoms with van der Waals surface area (Å²) in [6, 6.07) is 5.06. The first kappa shape index (κ1) is 19.7. The number of aromatic nitrogens is 1. The van der Waals surface area contributed by atoms with Gasteiger partial charge in [-0.1, -0.05) is 6.08 Å². The van der Waals surface area contributed by atoms with Gasteiger partial charge in [-0.2, -0.15) is 0 Å². The van der Waals surface area contributed by atoms with Gasteiger partial charge in [0.2, 0.25) is 5.75 Å². The molecule has 2 unspecified atom stereocenters. The van der Waals surface area contributed by atoms with E-state index in [1.165, 1.54) is 6.92 Å². The van der Waals surface area contributed by atoms with E-state index < -0.39 is 17.6 Å². The number of hydrogen-bond donors (Lipinski definition) is 2. The van der Waals surface area contributed by atoms with Gasteiger partial charge in [-0.3, -0.25) is 14.5 Å². The van der Waals surface area contributed by atoms with Crippen LogP contribution in [0.5, 0.6) is 11.5 Å². The highest BCUT2D eigenvalue weighted by atomic mass is 16.5. The second-order valence-electron chi connectivity index (χ2n) is 7.89. The predicted molar refractivity (Wildman–Crippen MR) is 109 cm³/mol. The number of fused-ring (bicyclic) bond motifs is 4. The van der Waals surface area contributed by atoms with Crippen LogP contribution in [0.2, 0.25) is 0 Å². The minimum atomic E-state index is -0.977. The van der Waals surface area contributed by atoms with Gasteiger partial charge in [0, 0.05) is 36.0 Å². The van der Waals surface area contributed by atoms with Crippen LogP contribution in [-0.2, 0) is 4.79 Å². The molecule has 29 heavy (non-hydrogen) atoms. The third kappa shape index (κ3) is 3.45. The number of piperidine rings is 3. The van der Waals surface area contributed by atoms with Gasteiger partial charge in [-0.05, 0) is 49.4 Å². The molecular weight excluding hydrogens is 372 g/mol. The number of rotatable bonds is 5. The fourth-order valence-corrected chi connectivity index (χ4v) is 4.84. The molecule has 3 aliphatic heterocycles. The number of H-pyrrole nitrogens is 1. The summed E-state index contributed by atoms with van der Waals surface area (Å²) < 4.78 is 10.6. The number of benzene rings is 1. The lowest BCUT2D eigenvalue weighted by molar-refractivity contribution is -0.132. The van der Waals surface area contributed by atoms with E-state index in [9.17, 15) is 14.7 Å². The normalized spacial score (nSPS) is 26.9. The minimum absolute atomic E-state index is 0.145. The second-order valence-corrected chi connectivity index (χ2v) is 7.89. The Morgan fingerprint density at radius 1 is 1.45 bits per heavy atom. The van der Waals surface area contributed by atoms with Crippen molar-refractivity contribution in [3.05, 3.63) is 46.8 Å². The highest BCUT2D eigenvalue weighted by Crippen LogP contribution is 2.43. The zero-order valence-electron chi connectivity index (χ0n) is 16.7. The predicted octanol–water partition coefficient (Wildman–Crippen LogP) is 2.39. The number of aliphatic hydroxyl groups excluding tert-OH is 1. The monoisotopic (exact) mass is 398 g/mol. The molecule has 5 rings (SSSR count). The molecule has 2 aromatic rings. The Bertz CT molecular complexity index is 1010. The van der Waals surface area contributed by atoms with Crippen LogP contribution in [0.25, 0.3) is 10.9 Å². The van der Waals surface area contributed by atoms with Crippen molar-refractivity contribution in [1.82, 2.24) is 9.88 Å². The third-order valence-corrected chi connectivity index (χ3v) is 6.28. The van der Waals surface area contributed by atoms with Gasteiger partial charge in [0.25, 0.3) is 5.56 Å². The number of hydrogen-bond acceptors (Lipinski definition) is 6. The van der Waals surface area contributed by atoms with Crippen molar-refractivity contribution in [2.75, 3.05) is 20.2 Å². The number of aliphatic hydroxyl groups is 1. The van der Waals surface area contributed by atoms with E-state index in [-0.39, 0.29) is 11.8 Å². The molecule has 7 nitrogen and oxygen atoms in total. The average molecular weight is 398 g/mol. The lowest BCUT2D eigenvalue weighted by Gasteiger charge is -2.50. The summed E-state index contributed by atoms with van der Waals surface area (Å²) in [6.07, 6.45) is 2.89. The number of esters is 1. The standard InChI is InChI=1S/C22H26N2O5/c1-4-13-11-24-8-7-14(13)9-18(24)20(26)19-16-10-15(28-3)5-6-17(16)23-22(27)21(19)29-12(2)25/h4-6,10,13-14,18,20,26H,1,7-9,11H2,2-3H3,(H,23,27)/t13-,14?,18-,20-/m0/s1. The molecule has 154 valence electrons. The molecule has 0 aliphatic carbocycles. The maximum atomic E-state index is 12.7.